The first kappa shape index (κ1) is 24.7. The van der Waals surface area contributed by atoms with E-state index < -0.39 is 42.7 Å². The second kappa shape index (κ2) is 10.3. The van der Waals surface area contributed by atoms with E-state index in [9.17, 15) is 13.9 Å². The van der Waals surface area contributed by atoms with Gasteiger partial charge in [-0.1, -0.05) is 11.6 Å². The largest absolute Gasteiger partial charge is 0.471 e. The van der Waals surface area contributed by atoms with Crippen molar-refractivity contribution in [2.24, 2.45) is 0 Å². The molecule has 198 valence electrons. The van der Waals surface area contributed by atoms with Crippen molar-refractivity contribution < 1.29 is 37.6 Å². The zero-order chi connectivity index (χ0) is 25.5. The summed E-state index contributed by atoms with van der Waals surface area (Å²) in [6, 6.07) is 4.35. The number of hydrogen-bond acceptors (Lipinski definition) is 9. The van der Waals surface area contributed by atoms with E-state index >= 15 is 0 Å². The van der Waals surface area contributed by atoms with Crippen molar-refractivity contribution in [1.82, 2.24) is 19.9 Å². The van der Waals surface area contributed by atoms with Crippen molar-refractivity contribution in [3.05, 3.63) is 46.0 Å². The van der Waals surface area contributed by atoms with Crippen LogP contribution in [0.3, 0.4) is 0 Å². The summed E-state index contributed by atoms with van der Waals surface area (Å²) in [6.07, 6.45) is -1.98. The quantitative estimate of drug-likeness (QED) is 0.467. The number of imidazole rings is 1. The Morgan fingerprint density at radius 3 is 2.62 bits per heavy atom. The van der Waals surface area contributed by atoms with E-state index in [0.29, 0.717) is 43.9 Å². The Morgan fingerprint density at radius 2 is 1.84 bits per heavy atom. The molecule has 0 aliphatic carbocycles. The van der Waals surface area contributed by atoms with Crippen molar-refractivity contribution in [2.75, 3.05) is 39.5 Å². The Balaban J connectivity index is 1.13. The normalized spacial score (nSPS) is 26.1. The van der Waals surface area contributed by atoms with Crippen LogP contribution in [0.2, 0.25) is 5.02 Å². The van der Waals surface area contributed by atoms with Crippen molar-refractivity contribution in [1.29, 1.82) is 0 Å². The van der Waals surface area contributed by atoms with Gasteiger partial charge in [0.25, 0.3) is 6.01 Å². The van der Waals surface area contributed by atoms with E-state index in [1.54, 1.807) is 6.07 Å². The van der Waals surface area contributed by atoms with Crippen LogP contribution in [0.1, 0.15) is 11.1 Å². The molecule has 3 aromatic rings. The van der Waals surface area contributed by atoms with Crippen LogP contribution >= 0.6 is 11.6 Å². The molecule has 13 heteroatoms. The Hall–Kier alpha value is -2.61. The topological polar surface area (TPSA) is 111 Å². The van der Waals surface area contributed by atoms with Gasteiger partial charge in [0.15, 0.2) is 11.8 Å². The first-order valence-corrected chi connectivity index (χ1v) is 12.4. The number of hydrogen-bond donors (Lipinski definition) is 2. The van der Waals surface area contributed by atoms with Crippen LogP contribution < -0.4 is 9.47 Å². The number of halogens is 3. The van der Waals surface area contributed by atoms with Gasteiger partial charge in [-0.3, -0.25) is 4.90 Å². The summed E-state index contributed by atoms with van der Waals surface area (Å²) in [6.45, 7) is 3.11. The van der Waals surface area contributed by atoms with Crippen LogP contribution in [-0.4, -0.2) is 88.9 Å². The highest BCUT2D eigenvalue weighted by atomic mass is 35.5. The molecule has 3 aliphatic rings. The maximum absolute atomic E-state index is 14.7. The number of ether oxygens (including phenoxy) is 5. The first-order valence-electron chi connectivity index (χ1n) is 12.0. The SMILES string of the molecule is O[C@@H]1CO[C@H]2[C@@H]1OC[C@H]2Oc1nc2nc(OCc3c(F)cc(CN4CCOCC4)cc3F)c(Cl)cc2[nH]1. The summed E-state index contributed by atoms with van der Waals surface area (Å²) in [5.74, 6) is -1.42. The average molecular weight is 539 g/mol. The number of nitrogens with one attached hydrogen (secondary N) is 1. The molecule has 0 amide bonds. The van der Waals surface area contributed by atoms with E-state index in [-0.39, 0.29) is 41.3 Å². The van der Waals surface area contributed by atoms with Crippen LogP contribution in [0, 0.1) is 11.6 Å². The van der Waals surface area contributed by atoms with Gasteiger partial charge >= 0.3 is 0 Å². The lowest BCUT2D eigenvalue weighted by Gasteiger charge is -2.26. The van der Waals surface area contributed by atoms with Gasteiger partial charge in [0.1, 0.15) is 41.6 Å². The lowest BCUT2D eigenvalue weighted by atomic mass is 10.1. The maximum atomic E-state index is 14.7. The molecule has 0 radical (unpaired) electrons. The number of H-pyrrole nitrogens is 1. The molecule has 3 fully saturated rings. The van der Waals surface area contributed by atoms with Crippen LogP contribution in [0.4, 0.5) is 8.78 Å². The molecule has 0 bridgehead atoms. The summed E-state index contributed by atoms with van der Waals surface area (Å²) in [5, 5.41) is 10.0. The number of aliphatic hydroxyl groups excluding tert-OH is 1. The fraction of sp³-hybridized carbons (Fsp3) is 0.500. The molecular weight excluding hydrogens is 514 g/mol. The number of fused-ring (bicyclic) bond motifs is 2. The third kappa shape index (κ3) is 5.09. The molecule has 2 N–H and O–H groups in total. The Labute approximate surface area is 215 Å². The average Bonchev–Trinajstić information content (AvgIpc) is 3.56. The second-order valence-electron chi connectivity index (χ2n) is 9.22. The molecule has 10 nitrogen and oxygen atoms in total. The van der Waals surface area contributed by atoms with Gasteiger partial charge in [0.05, 0.1) is 37.5 Å². The van der Waals surface area contributed by atoms with E-state index in [1.165, 1.54) is 12.1 Å². The molecule has 6 rings (SSSR count). The third-order valence-electron chi connectivity index (χ3n) is 6.68. The van der Waals surface area contributed by atoms with E-state index in [2.05, 4.69) is 19.9 Å². The van der Waals surface area contributed by atoms with Gasteiger partial charge in [-0.2, -0.15) is 9.97 Å². The highest BCUT2D eigenvalue weighted by Crippen LogP contribution is 2.31. The maximum Gasteiger partial charge on any atom is 0.296 e. The number of benzene rings is 1. The summed E-state index contributed by atoms with van der Waals surface area (Å²) in [5.41, 5.74) is 1.06. The molecule has 0 unspecified atom stereocenters. The van der Waals surface area contributed by atoms with E-state index in [0.717, 1.165) is 0 Å². The van der Waals surface area contributed by atoms with Crippen LogP contribution in [-0.2, 0) is 27.4 Å². The van der Waals surface area contributed by atoms with Crippen molar-refractivity contribution in [2.45, 2.75) is 37.6 Å². The van der Waals surface area contributed by atoms with Gasteiger partial charge < -0.3 is 33.8 Å². The second-order valence-corrected chi connectivity index (χ2v) is 9.63. The highest BCUT2D eigenvalue weighted by Gasteiger charge is 2.48. The minimum Gasteiger partial charge on any atom is -0.471 e. The van der Waals surface area contributed by atoms with Crippen LogP contribution in [0.15, 0.2) is 18.2 Å². The third-order valence-corrected chi connectivity index (χ3v) is 6.95. The number of aromatic nitrogens is 3. The Bertz CT molecular complexity index is 1270. The standard InChI is InChI=1S/C24H25ClF2N4O6/c25-14-7-17-22(30-24(28-17)37-19-11-35-20-18(32)10-34-21(19)20)29-23(14)36-9-13-15(26)5-12(6-16(13)27)8-31-1-3-33-4-2-31/h5-7,18-21,32H,1-4,8-11H2,(H,28,29,30)/t18-,19-,20-,21-/m1/s1. The highest BCUT2D eigenvalue weighted by molar-refractivity contribution is 6.32. The van der Waals surface area contributed by atoms with Gasteiger partial charge in [-0.05, 0) is 23.8 Å². The van der Waals surface area contributed by atoms with Gasteiger partial charge in [0, 0.05) is 19.6 Å². The van der Waals surface area contributed by atoms with Gasteiger partial charge in [-0.25, -0.2) is 8.78 Å². The van der Waals surface area contributed by atoms with Crippen molar-refractivity contribution in [3.8, 4) is 11.9 Å². The predicted octanol–water partition coefficient (Wildman–Crippen LogP) is 2.21. The molecule has 3 aliphatic heterocycles. The Morgan fingerprint density at radius 1 is 1.08 bits per heavy atom. The number of nitrogens with zero attached hydrogens (tertiary/aromatic N) is 3. The first-order chi connectivity index (χ1) is 17.9. The van der Waals surface area contributed by atoms with Crippen molar-refractivity contribution >= 4 is 22.8 Å². The molecule has 2 aromatic heterocycles. The number of rotatable bonds is 7. The lowest BCUT2D eigenvalue weighted by Crippen LogP contribution is -2.35. The van der Waals surface area contributed by atoms with Crippen molar-refractivity contribution in [3.63, 3.8) is 0 Å². The minimum absolute atomic E-state index is 0.0186. The molecule has 5 heterocycles. The summed E-state index contributed by atoms with van der Waals surface area (Å²) >= 11 is 6.30. The smallest absolute Gasteiger partial charge is 0.296 e. The number of pyridine rings is 1. The van der Waals surface area contributed by atoms with Crippen LogP contribution in [0.25, 0.3) is 11.2 Å². The fourth-order valence-corrected chi connectivity index (χ4v) is 4.97. The summed E-state index contributed by atoms with van der Waals surface area (Å²) in [7, 11) is 0. The molecule has 3 saturated heterocycles. The van der Waals surface area contributed by atoms with Gasteiger partial charge in [0.2, 0.25) is 5.88 Å². The van der Waals surface area contributed by atoms with Crippen LogP contribution in [0.5, 0.6) is 11.9 Å². The molecule has 37 heavy (non-hydrogen) atoms. The fourth-order valence-electron chi connectivity index (χ4n) is 4.77. The monoisotopic (exact) mass is 538 g/mol. The lowest BCUT2D eigenvalue weighted by molar-refractivity contribution is 0.00706. The predicted molar refractivity (Wildman–Crippen MR) is 126 cm³/mol. The summed E-state index contributed by atoms with van der Waals surface area (Å²) in [4.78, 5) is 13.6. The van der Waals surface area contributed by atoms with E-state index in [1.807, 2.05) is 0 Å². The number of morpholine rings is 1. The number of aromatic amines is 1. The molecular formula is C24H25ClF2N4O6. The zero-order valence-electron chi connectivity index (χ0n) is 19.7. The molecule has 4 atom stereocenters. The number of aliphatic hydroxyl groups is 1. The summed E-state index contributed by atoms with van der Waals surface area (Å²) < 4.78 is 57.4. The van der Waals surface area contributed by atoms with Gasteiger partial charge in [-0.15, -0.1) is 0 Å². The minimum atomic E-state index is -0.702. The zero-order valence-corrected chi connectivity index (χ0v) is 20.4. The molecule has 0 spiro atoms. The Kier molecular flexibility index (Phi) is 6.86. The molecule has 1 aromatic carbocycles. The van der Waals surface area contributed by atoms with E-state index in [4.69, 9.17) is 35.3 Å². The molecule has 0 saturated carbocycles.